The zero-order valence-corrected chi connectivity index (χ0v) is 14.4. The number of fused-ring (bicyclic) bond motifs is 2. The van der Waals surface area contributed by atoms with Crippen molar-refractivity contribution in [2.45, 2.75) is 25.6 Å². The first-order valence-corrected chi connectivity index (χ1v) is 8.58. The van der Waals surface area contributed by atoms with Gasteiger partial charge in [-0.15, -0.1) is 0 Å². The third-order valence-corrected chi connectivity index (χ3v) is 4.89. The van der Waals surface area contributed by atoms with Crippen molar-refractivity contribution < 1.29 is 14.7 Å². The predicted octanol–water partition coefficient (Wildman–Crippen LogP) is 1.43. The van der Waals surface area contributed by atoms with Crippen LogP contribution in [0.2, 0.25) is 0 Å². The molecule has 1 aliphatic rings. The van der Waals surface area contributed by atoms with E-state index in [2.05, 4.69) is 4.98 Å². The number of hydrogen-bond acceptors (Lipinski definition) is 4. The number of carbonyl (C=O) groups excluding carboxylic acids is 1. The number of nitrogens with zero attached hydrogens (tertiary/aromatic N) is 3. The highest BCUT2D eigenvalue weighted by Crippen LogP contribution is 2.23. The zero-order valence-electron chi connectivity index (χ0n) is 14.4. The Morgan fingerprint density at radius 1 is 1.07 bits per heavy atom. The molecule has 0 bridgehead atoms. The van der Waals surface area contributed by atoms with Gasteiger partial charge in [0.2, 0.25) is 5.91 Å². The molecule has 1 atom stereocenters. The molecule has 4 rings (SSSR count). The number of aromatic nitrogens is 2. The summed E-state index contributed by atoms with van der Waals surface area (Å²) in [5.74, 6) is -1.47. The molecule has 0 saturated carbocycles. The predicted molar refractivity (Wildman–Crippen MR) is 98.1 cm³/mol. The number of rotatable bonds is 3. The number of hydrogen-bond donors (Lipinski definition) is 1. The van der Waals surface area contributed by atoms with E-state index >= 15 is 0 Å². The Morgan fingerprint density at radius 3 is 2.56 bits per heavy atom. The first-order valence-electron chi connectivity index (χ1n) is 8.58. The quantitative estimate of drug-likeness (QED) is 0.760. The van der Waals surface area contributed by atoms with Crippen LogP contribution in [0, 0.1) is 0 Å². The van der Waals surface area contributed by atoms with Gasteiger partial charge in [0.05, 0.1) is 17.2 Å². The highest BCUT2D eigenvalue weighted by atomic mass is 16.4. The molecular formula is C20H17N3O4. The molecule has 0 aliphatic carbocycles. The molecule has 27 heavy (non-hydrogen) atoms. The minimum atomic E-state index is -1.05. The lowest BCUT2D eigenvalue weighted by Crippen LogP contribution is -2.50. The van der Waals surface area contributed by atoms with Gasteiger partial charge in [-0.2, -0.15) is 0 Å². The van der Waals surface area contributed by atoms with Crippen molar-refractivity contribution in [2.75, 3.05) is 0 Å². The van der Waals surface area contributed by atoms with E-state index < -0.39 is 17.9 Å². The molecule has 0 unspecified atom stereocenters. The van der Waals surface area contributed by atoms with Crippen LogP contribution in [0.15, 0.2) is 59.7 Å². The van der Waals surface area contributed by atoms with Gasteiger partial charge >= 0.3 is 5.97 Å². The molecule has 7 nitrogen and oxygen atoms in total. The lowest BCUT2D eigenvalue weighted by atomic mass is 9.94. The van der Waals surface area contributed by atoms with Gasteiger partial charge in [0, 0.05) is 13.0 Å². The van der Waals surface area contributed by atoms with E-state index in [1.54, 1.807) is 24.3 Å². The molecule has 2 aromatic carbocycles. The Morgan fingerprint density at radius 2 is 1.78 bits per heavy atom. The van der Waals surface area contributed by atoms with Crippen molar-refractivity contribution in [2.24, 2.45) is 0 Å². The summed E-state index contributed by atoms with van der Waals surface area (Å²) in [7, 11) is 0. The van der Waals surface area contributed by atoms with Gasteiger partial charge in [-0.3, -0.25) is 14.2 Å². The van der Waals surface area contributed by atoms with Crippen molar-refractivity contribution in [3.63, 3.8) is 0 Å². The second-order valence-corrected chi connectivity index (χ2v) is 6.54. The topological polar surface area (TPSA) is 92.5 Å². The Hall–Kier alpha value is -3.48. The molecular weight excluding hydrogens is 346 g/mol. The molecule has 3 aromatic rings. The molecule has 136 valence electrons. The summed E-state index contributed by atoms with van der Waals surface area (Å²) >= 11 is 0. The Balaban J connectivity index is 1.65. The van der Waals surface area contributed by atoms with Crippen molar-refractivity contribution >= 4 is 22.8 Å². The van der Waals surface area contributed by atoms with Crippen LogP contribution in [0.4, 0.5) is 0 Å². The largest absolute Gasteiger partial charge is 0.480 e. The lowest BCUT2D eigenvalue weighted by molar-refractivity contribution is -0.151. The number of benzene rings is 2. The van der Waals surface area contributed by atoms with Crippen LogP contribution < -0.4 is 5.56 Å². The van der Waals surface area contributed by atoms with E-state index in [-0.39, 0.29) is 25.1 Å². The Kier molecular flexibility index (Phi) is 4.19. The first-order chi connectivity index (χ1) is 13.0. The standard InChI is InChI=1S/C20H17N3O4/c24-18(11-22-12-21-16-8-4-3-7-15(16)19(22)25)23-10-14-6-2-1-5-13(14)9-17(23)20(26)27/h1-8,12,17H,9-11H2,(H,26,27)/t17-/m1/s1. The number of carboxylic acids is 1. The SMILES string of the molecule is O=C(O)[C@H]1Cc2ccccc2CN1C(=O)Cn1cnc2ccccc2c1=O. The van der Waals surface area contributed by atoms with Crippen molar-refractivity contribution in [1.29, 1.82) is 0 Å². The molecule has 0 radical (unpaired) electrons. The maximum atomic E-state index is 12.9. The summed E-state index contributed by atoms with van der Waals surface area (Å²) in [5.41, 5.74) is 2.09. The number of para-hydroxylation sites is 1. The van der Waals surface area contributed by atoms with E-state index in [0.29, 0.717) is 10.9 Å². The van der Waals surface area contributed by atoms with Crippen LogP contribution in [0.3, 0.4) is 0 Å². The minimum absolute atomic E-state index is 0.210. The molecule has 1 N–H and O–H groups in total. The van der Waals surface area contributed by atoms with Gasteiger partial charge in [-0.25, -0.2) is 9.78 Å². The monoisotopic (exact) mass is 363 g/mol. The average Bonchev–Trinajstić information content (AvgIpc) is 2.69. The highest BCUT2D eigenvalue weighted by Gasteiger charge is 2.34. The maximum absolute atomic E-state index is 12.9. The van der Waals surface area contributed by atoms with E-state index in [0.717, 1.165) is 11.1 Å². The summed E-state index contributed by atoms with van der Waals surface area (Å²) in [4.78, 5) is 42.7. The van der Waals surface area contributed by atoms with E-state index in [4.69, 9.17) is 0 Å². The van der Waals surface area contributed by atoms with E-state index in [9.17, 15) is 19.5 Å². The number of amides is 1. The fraction of sp³-hybridized carbons (Fsp3) is 0.200. The maximum Gasteiger partial charge on any atom is 0.326 e. The van der Waals surface area contributed by atoms with Crippen molar-refractivity contribution in [1.82, 2.24) is 14.5 Å². The number of aliphatic carboxylic acids is 1. The first kappa shape index (κ1) is 17.0. The third kappa shape index (κ3) is 3.08. The molecule has 0 spiro atoms. The van der Waals surface area contributed by atoms with Crippen LogP contribution in [0.5, 0.6) is 0 Å². The summed E-state index contributed by atoms with van der Waals surface area (Å²) in [6.45, 7) is -0.0374. The molecule has 1 aromatic heterocycles. The second kappa shape index (κ2) is 6.68. The Labute approximate surface area is 154 Å². The number of carbonyl (C=O) groups is 2. The average molecular weight is 363 g/mol. The van der Waals surface area contributed by atoms with Crippen LogP contribution in [0.25, 0.3) is 10.9 Å². The molecule has 0 saturated heterocycles. The molecule has 0 fully saturated rings. The van der Waals surface area contributed by atoms with Crippen LogP contribution in [-0.4, -0.2) is 37.5 Å². The van der Waals surface area contributed by atoms with Gasteiger partial charge < -0.3 is 10.0 Å². The second-order valence-electron chi connectivity index (χ2n) is 6.54. The summed E-state index contributed by atoms with van der Waals surface area (Å²) in [5, 5.41) is 9.99. The fourth-order valence-electron chi connectivity index (χ4n) is 3.46. The Bertz CT molecular complexity index is 1110. The van der Waals surface area contributed by atoms with Crippen LogP contribution >= 0.6 is 0 Å². The molecule has 1 amide bonds. The molecule has 2 heterocycles. The van der Waals surface area contributed by atoms with E-state index in [1.165, 1.54) is 15.8 Å². The van der Waals surface area contributed by atoms with Crippen LogP contribution in [-0.2, 0) is 29.1 Å². The highest BCUT2D eigenvalue weighted by molar-refractivity contribution is 5.85. The van der Waals surface area contributed by atoms with Crippen molar-refractivity contribution in [3.8, 4) is 0 Å². The summed E-state index contributed by atoms with van der Waals surface area (Å²) < 4.78 is 1.23. The van der Waals surface area contributed by atoms with Gasteiger partial charge in [0.15, 0.2) is 0 Å². The normalized spacial score (nSPS) is 16.1. The van der Waals surface area contributed by atoms with E-state index in [1.807, 2.05) is 24.3 Å². The smallest absolute Gasteiger partial charge is 0.326 e. The molecule has 1 aliphatic heterocycles. The lowest BCUT2D eigenvalue weighted by Gasteiger charge is -2.34. The van der Waals surface area contributed by atoms with Gasteiger partial charge in [0.1, 0.15) is 12.6 Å². The van der Waals surface area contributed by atoms with Gasteiger partial charge in [-0.05, 0) is 23.3 Å². The summed E-state index contributed by atoms with van der Waals surface area (Å²) in [6, 6.07) is 13.4. The zero-order chi connectivity index (χ0) is 19.0. The van der Waals surface area contributed by atoms with Gasteiger partial charge in [-0.1, -0.05) is 36.4 Å². The fourth-order valence-corrected chi connectivity index (χ4v) is 3.46. The summed E-state index contributed by atoms with van der Waals surface area (Å²) in [6.07, 6.45) is 1.58. The molecule has 7 heteroatoms. The third-order valence-electron chi connectivity index (χ3n) is 4.89. The minimum Gasteiger partial charge on any atom is -0.480 e. The van der Waals surface area contributed by atoms with Crippen LogP contribution in [0.1, 0.15) is 11.1 Å². The van der Waals surface area contributed by atoms with Gasteiger partial charge in [0.25, 0.3) is 5.56 Å². The van der Waals surface area contributed by atoms with Crippen molar-refractivity contribution in [3.05, 3.63) is 76.3 Å². The number of carboxylic acid groups (broad SMARTS) is 1.